The summed E-state index contributed by atoms with van der Waals surface area (Å²) in [5, 5.41) is 8.45. The zero-order chi connectivity index (χ0) is 20.1. The van der Waals surface area contributed by atoms with Crippen LogP contribution in [0, 0.1) is 0 Å². The zero-order valence-electron chi connectivity index (χ0n) is 15.8. The summed E-state index contributed by atoms with van der Waals surface area (Å²) in [4.78, 5) is 24.2. The van der Waals surface area contributed by atoms with E-state index in [-0.39, 0.29) is 12.4 Å². The van der Waals surface area contributed by atoms with Crippen LogP contribution in [0.15, 0.2) is 33.9 Å². The van der Waals surface area contributed by atoms with E-state index in [1.54, 1.807) is 18.2 Å². The number of thioether (sulfide) groups is 1. The number of carbonyl (C=O) groups is 2. The maximum atomic E-state index is 12.2. The first-order valence-electron chi connectivity index (χ1n) is 9.62. The highest BCUT2D eigenvalue weighted by atomic mass is 32.2. The molecule has 1 saturated carbocycles. The van der Waals surface area contributed by atoms with E-state index in [9.17, 15) is 9.59 Å². The summed E-state index contributed by atoms with van der Waals surface area (Å²) in [6.07, 6.45) is 4.90. The molecule has 1 fully saturated rings. The van der Waals surface area contributed by atoms with Gasteiger partial charge >= 0.3 is 0 Å². The molecule has 1 aliphatic heterocycles. The van der Waals surface area contributed by atoms with Crippen LogP contribution in [0.25, 0.3) is 0 Å². The minimum Gasteiger partial charge on any atom is -0.485 e. The number of amides is 2. The molecule has 2 N–H and O–H groups in total. The molecule has 0 saturated heterocycles. The van der Waals surface area contributed by atoms with Crippen LogP contribution in [0.2, 0.25) is 0 Å². The Balaban J connectivity index is 1.19. The number of carbonyl (C=O) groups excluding carboxylic acids is 2. The Hall–Kier alpha value is -2.75. The molecule has 1 aromatic heterocycles. The zero-order valence-corrected chi connectivity index (χ0v) is 16.6. The number of para-hydroxylation sites is 2. The highest BCUT2D eigenvalue weighted by molar-refractivity contribution is 7.99. The van der Waals surface area contributed by atoms with Gasteiger partial charge in [0.2, 0.25) is 17.9 Å². The second-order valence-corrected chi connectivity index (χ2v) is 7.86. The van der Waals surface area contributed by atoms with Crippen molar-refractivity contribution in [3.05, 3.63) is 30.2 Å². The monoisotopic (exact) mass is 418 g/mol. The largest absolute Gasteiger partial charge is 0.485 e. The average Bonchev–Trinajstić information content (AvgIpc) is 3.25. The molecule has 4 rings (SSSR count). The van der Waals surface area contributed by atoms with E-state index in [2.05, 4.69) is 21.0 Å². The van der Waals surface area contributed by atoms with Gasteiger partial charge in [0.1, 0.15) is 6.61 Å². The molecule has 2 heterocycles. The number of nitrogens with zero attached hydrogens (tertiary/aromatic N) is 2. The lowest BCUT2D eigenvalue weighted by Crippen LogP contribution is -2.51. The van der Waals surface area contributed by atoms with Gasteiger partial charge in [-0.2, -0.15) is 0 Å². The van der Waals surface area contributed by atoms with E-state index in [4.69, 9.17) is 13.9 Å². The van der Waals surface area contributed by atoms with Gasteiger partial charge in [-0.05, 0) is 25.0 Å². The van der Waals surface area contributed by atoms with Crippen molar-refractivity contribution in [2.24, 2.45) is 0 Å². The number of benzene rings is 1. The minimum absolute atomic E-state index is 0.0391. The predicted octanol–water partition coefficient (Wildman–Crippen LogP) is 2.20. The fourth-order valence-electron chi connectivity index (χ4n) is 3.32. The SMILES string of the molecule is O=C(CSc1nnc(C2CCCCC2)o1)NNC(=O)[C@@H]1COc2ccccc2O1. The molecular formula is C19H22N4O5S. The van der Waals surface area contributed by atoms with Crippen LogP contribution in [0.5, 0.6) is 11.5 Å². The Morgan fingerprint density at radius 1 is 1.07 bits per heavy atom. The fourth-order valence-corrected chi connectivity index (χ4v) is 3.89. The van der Waals surface area contributed by atoms with Gasteiger partial charge in [0.05, 0.1) is 5.75 Å². The van der Waals surface area contributed by atoms with Gasteiger partial charge in [0, 0.05) is 5.92 Å². The molecule has 0 spiro atoms. The second kappa shape index (κ2) is 9.17. The third-order valence-electron chi connectivity index (χ3n) is 4.83. The third-order valence-corrected chi connectivity index (χ3v) is 5.65. The summed E-state index contributed by atoms with van der Waals surface area (Å²) >= 11 is 1.13. The van der Waals surface area contributed by atoms with Crippen molar-refractivity contribution >= 4 is 23.6 Å². The number of rotatable bonds is 5. The second-order valence-electron chi connectivity index (χ2n) is 6.93. The van der Waals surface area contributed by atoms with Crippen molar-refractivity contribution in [2.75, 3.05) is 12.4 Å². The van der Waals surface area contributed by atoms with Crippen molar-refractivity contribution in [1.82, 2.24) is 21.0 Å². The molecule has 10 heteroatoms. The van der Waals surface area contributed by atoms with Gasteiger partial charge in [-0.15, -0.1) is 10.2 Å². The molecule has 0 radical (unpaired) electrons. The molecule has 0 bridgehead atoms. The molecule has 1 aliphatic carbocycles. The lowest BCUT2D eigenvalue weighted by molar-refractivity contribution is -0.134. The summed E-state index contributed by atoms with van der Waals surface area (Å²) in [6, 6.07) is 7.09. The molecule has 2 aliphatic rings. The van der Waals surface area contributed by atoms with Crippen molar-refractivity contribution in [3.63, 3.8) is 0 Å². The summed E-state index contributed by atoms with van der Waals surface area (Å²) in [5.74, 6) is 1.21. The Labute approximate surface area is 171 Å². The number of hydrogen-bond acceptors (Lipinski definition) is 8. The Morgan fingerprint density at radius 3 is 2.69 bits per heavy atom. The van der Waals surface area contributed by atoms with Crippen LogP contribution in [0.1, 0.15) is 43.9 Å². The van der Waals surface area contributed by atoms with Gasteiger partial charge in [-0.1, -0.05) is 43.2 Å². The molecule has 2 amide bonds. The molecule has 154 valence electrons. The maximum absolute atomic E-state index is 12.2. The van der Waals surface area contributed by atoms with Gasteiger partial charge in [-0.3, -0.25) is 20.4 Å². The Kier molecular flexibility index (Phi) is 6.18. The van der Waals surface area contributed by atoms with Crippen LogP contribution < -0.4 is 20.3 Å². The van der Waals surface area contributed by atoms with E-state index in [0.717, 1.165) is 24.6 Å². The van der Waals surface area contributed by atoms with E-state index in [1.165, 1.54) is 19.3 Å². The van der Waals surface area contributed by atoms with Crippen molar-refractivity contribution < 1.29 is 23.5 Å². The molecular weight excluding hydrogens is 396 g/mol. The molecule has 0 unspecified atom stereocenters. The van der Waals surface area contributed by atoms with Crippen LogP contribution in [0.3, 0.4) is 0 Å². The number of aromatic nitrogens is 2. The summed E-state index contributed by atoms with van der Waals surface area (Å²) in [7, 11) is 0. The van der Waals surface area contributed by atoms with E-state index >= 15 is 0 Å². The molecule has 1 aromatic carbocycles. The van der Waals surface area contributed by atoms with E-state index in [1.807, 2.05) is 6.07 Å². The Morgan fingerprint density at radius 2 is 1.86 bits per heavy atom. The average molecular weight is 418 g/mol. The summed E-state index contributed by atoms with van der Waals surface area (Å²) < 4.78 is 16.7. The van der Waals surface area contributed by atoms with Crippen molar-refractivity contribution in [1.29, 1.82) is 0 Å². The maximum Gasteiger partial charge on any atom is 0.283 e. The van der Waals surface area contributed by atoms with Gasteiger partial charge in [0.15, 0.2) is 11.5 Å². The van der Waals surface area contributed by atoms with Gasteiger partial charge in [-0.25, -0.2) is 0 Å². The Bertz CT molecular complexity index is 868. The molecule has 1 atom stereocenters. The number of hydrogen-bond donors (Lipinski definition) is 2. The normalized spacial score (nSPS) is 18.8. The topological polar surface area (TPSA) is 116 Å². The van der Waals surface area contributed by atoms with Crippen molar-refractivity contribution in [3.8, 4) is 11.5 Å². The smallest absolute Gasteiger partial charge is 0.283 e. The summed E-state index contributed by atoms with van der Waals surface area (Å²) in [6.45, 7) is 0.0688. The van der Waals surface area contributed by atoms with Crippen LogP contribution >= 0.6 is 11.8 Å². The lowest BCUT2D eigenvalue weighted by Gasteiger charge is -2.25. The molecule has 2 aromatic rings. The van der Waals surface area contributed by atoms with Crippen LogP contribution in [0.4, 0.5) is 0 Å². The first-order valence-corrected chi connectivity index (χ1v) is 10.6. The highest BCUT2D eigenvalue weighted by Gasteiger charge is 2.27. The first kappa shape index (κ1) is 19.6. The van der Waals surface area contributed by atoms with Crippen LogP contribution in [-0.2, 0) is 9.59 Å². The highest BCUT2D eigenvalue weighted by Crippen LogP contribution is 2.33. The van der Waals surface area contributed by atoms with Gasteiger partial charge in [0.25, 0.3) is 11.1 Å². The molecule has 29 heavy (non-hydrogen) atoms. The van der Waals surface area contributed by atoms with Crippen molar-refractivity contribution in [2.45, 2.75) is 49.3 Å². The first-order chi connectivity index (χ1) is 14.2. The number of fused-ring (bicyclic) bond motifs is 1. The lowest BCUT2D eigenvalue weighted by atomic mass is 9.89. The van der Waals surface area contributed by atoms with E-state index in [0.29, 0.717) is 28.5 Å². The van der Waals surface area contributed by atoms with E-state index < -0.39 is 17.9 Å². The fraction of sp³-hybridized carbons (Fsp3) is 0.474. The standard InChI is InChI=1S/C19H22N4O5S/c24-16(11-29-19-23-22-18(28-19)12-6-2-1-3-7-12)20-21-17(25)15-10-26-13-8-4-5-9-14(13)27-15/h4-5,8-9,12,15H,1-3,6-7,10-11H2,(H,20,24)(H,21,25)/t15-/m0/s1. The molecule has 9 nitrogen and oxygen atoms in total. The predicted molar refractivity (Wildman–Crippen MR) is 103 cm³/mol. The minimum atomic E-state index is -0.841. The number of hydrazine groups is 1. The summed E-state index contributed by atoms with van der Waals surface area (Å²) in [5.41, 5.74) is 4.71. The number of ether oxygens (including phenoxy) is 2. The third kappa shape index (κ3) is 5.00. The number of nitrogens with one attached hydrogen (secondary N) is 2. The quantitative estimate of drug-likeness (QED) is 0.561. The van der Waals surface area contributed by atoms with Crippen LogP contribution in [-0.4, -0.2) is 40.5 Å². The van der Waals surface area contributed by atoms with Gasteiger partial charge < -0.3 is 13.9 Å².